The molecule has 2 aliphatic carbocycles. The highest BCUT2D eigenvalue weighted by atomic mass is 16.5. The highest BCUT2D eigenvalue weighted by Crippen LogP contribution is 2.62. The predicted molar refractivity (Wildman–Crippen MR) is 93.6 cm³/mol. The fourth-order valence-corrected chi connectivity index (χ4v) is 5.62. The third-order valence-electron chi connectivity index (χ3n) is 7.19. The zero-order valence-corrected chi connectivity index (χ0v) is 15.4. The molecule has 0 saturated heterocycles. The van der Waals surface area contributed by atoms with Gasteiger partial charge in [-0.2, -0.15) is 0 Å². The van der Waals surface area contributed by atoms with Crippen molar-refractivity contribution in [1.29, 1.82) is 0 Å². The lowest BCUT2D eigenvalue weighted by atomic mass is 9.44. The Balaban J connectivity index is 1.97. The molecule has 5 heteroatoms. The van der Waals surface area contributed by atoms with Crippen molar-refractivity contribution in [2.75, 3.05) is 13.2 Å². The molecule has 0 radical (unpaired) electrons. The van der Waals surface area contributed by atoms with Crippen molar-refractivity contribution in [3.8, 4) is 0 Å². The fraction of sp³-hybridized carbons (Fsp3) is 0.750. The van der Waals surface area contributed by atoms with Crippen molar-refractivity contribution in [2.24, 2.45) is 22.7 Å². The van der Waals surface area contributed by atoms with E-state index in [2.05, 4.69) is 6.92 Å². The molecule has 2 fully saturated rings. The van der Waals surface area contributed by atoms with Crippen LogP contribution in [0.2, 0.25) is 0 Å². The van der Waals surface area contributed by atoms with Gasteiger partial charge >= 0.3 is 5.97 Å². The smallest absolute Gasteiger partial charge is 0.338 e. The molecule has 1 aliphatic heterocycles. The van der Waals surface area contributed by atoms with Gasteiger partial charge in [-0.1, -0.05) is 26.0 Å². The summed E-state index contributed by atoms with van der Waals surface area (Å²) in [5.41, 5.74) is -1.18. The summed E-state index contributed by atoms with van der Waals surface area (Å²) >= 11 is 0. The van der Waals surface area contributed by atoms with Crippen molar-refractivity contribution >= 4 is 5.97 Å². The lowest BCUT2D eigenvalue weighted by molar-refractivity contribution is -0.196. The van der Waals surface area contributed by atoms with Gasteiger partial charge in [0.15, 0.2) is 0 Å². The first-order valence-electron chi connectivity index (χ1n) is 9.22. The molecule has 0 amide bonds. The molecule has 0 unspecified atom stereocenters. The normalized spacial score (nSPS) is 47.5. The second kappa shape index (κ2) is 6.22. The second-order valence-corrected chi connectivity index (χ2v) is 8.77. The Morgan fingerprint density at radius 2 is 2.00 bits per heavy atom. The highest BCUT2D eigenvalue weighted by Gasteiger charge is 2.60. The summed E-state index contributed by atoms with van der Waals surface area (Å²) in [5.74, 6) is -0.382. The van der Waals surface area contributed by atoms with E-state index in [4.69, 9.17) is 4.74 Å². The number of aliphatic hydroxyl groups excluding tert-OH is 2. The predicted octanol–water partition coefficient (Wildman–Crippen LogP) is 1.96. The van der Waals surface area contributed by atoms with Gasteiger partial charge in [-0.15, -0.1) is 0 Å². The average molecular weight is 350 g/mol. The van der Waals surface area contributed by atoms with Gasteiger partial charge in [-0.3, -0.25) is 0 Å². The van der Waals surface area contributed by atoms with Crippen LogP contribution < -0.4 is 0 Å². The number of ether oxygens (including phenoxy) is 1. The number of carbonyl (C=O) groups excluding carboxylic acids is 1. The van der Waals surface area contributed by atoms with Crippen LogP contribution in [0.3, 0.4) is 0 Å². The van der Waals surface area contributed by atoms with Gasteiger partial charge in [0.05, 0.1) is 23.9 Å². The number of hydrogen-bond acceptors (Lipinski definition) is 5. The van der Waals surface area contributed by atoms with Gasteiger partial charge in [0.1, 0.15) is 6.61 Å². The van der Waals surface area contributed by atoms with E-state index in [0.717, 1.165) is 12.8 Å². The van der Waals surface area contributed by atoms with Crippen LogP contribution in [0.4, 0.5) is 0 Å². The van der Waals surface area contributed by atoms with E-state index >= 15 is 0 Å². The molecule has 0 bridgehead atoms. The van der Waals surface area contributed by atoms with E-state index in [-0.39, 0.29) is 29.8 Å². The van der Waals surface area contributed by atoms with Crippen LogP contribution in [0.1, 0.15) is 46.5 Å². The van der Waals surface area contributed by atoms with Crippen LogP contribution in [0.25, 0.3) is 0 Å². The van der Waals surface area contributed by atoms with Gasteiger partial charge in [-0.25, -0.2) is 4.79 Å². The van der Waals surface area contributed by atoms with Crippen LogP contribution >= 0.6 is 0 Å². The first kappa shape index (κ1) is 18.6. The zero-order chi connectivity index (χ0) is 18.5. The first-order chi connectivity index (χ1) is 11.6. The fourth-order valence-electron chi connectivity index (χ4n) is 5.62. The molecule has 3 aliphatic rings. The topological polar surface area (TPSA) is 87.0 Å². The third kappa shape index (κ3) is 2.86. The van der Waals surface area contributed by atoms with Crippen LogP contribution in [-0.4, -0.2) is 46.2 Å². The summed E-state index contributed by atoms with van der Waals surface area (Å²) in [5, 5.41) is 31.6. The molecular weight excluding hydrogens is 320 g/mol. The Labute approximate surface area is 149 Å². The molecule has 25 heavy (non-hydrogen) atoms. The Morgan fingerprint density at radius 1 is 1.28 bits per heavy atom. The summed E-state index contributed by atoms with van der Waals surface area (Å²) in [4.78, 5) is 11.7. The Hall–Kier alpha value is -1.17. The van der Waals surface area contributed by atoms with Crippen LogP contribution in [-0.2, 0) is 9.53 Å². The van der Waals surface area contributed by atoms with Gasteiger partial charge in [0.25, 0.3) is 0 Å². The number of aliphatic hydroxyl groups is 3. The van der Waals surface area contributed by atoms with Gasteiger partial charge in [0.2, 0.25) is 0 Å². The molecule has 3 N–H and O–H groups in total. The lowest BCUT2D eigenvalue weighted by Crippen LogP contribution is -2.61. The molecular formula is C20H30O5. The Morgan fingerprint density at radius 3 is 2.60 bits per heavy atom. The van der Waals surface area contributed by atoms with Crippen molar-refractivity contribution in [3.05, 3.63) is 23.8 Å². The standard InChI is InChI=1S/C20H30O5/c1-18-9-7-16(22)19(2,12-21)14(18)6-10-20(3,24)15(18)5-4-13-8-11-25-17(13)23/h4-5,8,14-16,21-22,24H,6-7,9-12H2,1-3H3/b5-4+/t14-,15+,16-,18-,19+,20+/m1/s1. The van der Waals surface area contributed by atoms with Crippen molar-refractivity contribution in [2.45, 2.75) is 58.2 Å². The summed E-state index contributed by atoms with van der Waals surface area (Å²) < 4.78 is 4.94. The maximum atomic E-state index is 11.7. The molecule has 0 aromatic rings. The second-order valence-electron chi connectivity index (χ2n) is 8.77. The highest BCUT2D eigenvalue weighted by molar-refractivity contribution is 5.93. The number of cyclic esters (lactones) is 1. The van der Waals surface area contributed by atoms with Crippen molar-refractivity contribution in [1.82, 2.24) is 0 Å². The van der Waals surface area contributed by atoms with Gasteiger partial charge in [-0.05, 0) is 50.0 Å². The minimum Gasteiger partial charge on any atom is -0.458 e. The zero-order valence-electron chi connectivity index (χ0n) is 15.4. The van der Waals surface area contributed by atoms with E-state index in [0.29, 0.717) is 25.0 Å². The SMILES string of the molecule is C[C@]1(CO)[C@@H]2CC[C@](C)(O)[C@@H](/C=C/C3=CCOC3=O)[C@]2(C)CC[C@H]1O. The minimum absolute atomic E-state index is 0.0650. The molecule has 5 nitrogen and oxygen atoms in total. The molecule has 0 aromatic heterocycles. The molecule has 1 heterocycles. The quantitative estimate of drug-likeness (QED) is 0.678. The van der Waals surface area contributed by atoms with Crippen LogP contribution in [0, 0.1) is 22.7 Å². The van der Waals surface area contributed by atoms with Crippen molar-refractivity contribution < 1.29 is 24.9 Å². The summed E-state index contributed by atoms with van der Waals surface area (Å²) in [6.07, 6.45) is 7.69. The first-order valence-corrected chi connectivity index (χ1v) is 9.22. The molecule has 140 valence electrons. The lowest BCUT2D eigenvalue weighted by Gasteiger charge is -2.62. The number of hydrogen-bond donors (Lipinski definition) is 3. The van der Waals surface area contributed by atoms with Crippen LogP contribution in [0.5, 0.6) is 0 Å². The summed E-state index contributed by atoms with van der Waals surface area (Å²) in [7, 11) is 0. The van der Waals surface area contributed by atoms with E-state index in [1.54, 1.807) is 12.2 Å². The number of carbonyl (C=O) groups is 1. The molecule has 2 saturated carbocycles. The maximum Gasteiger partial charge on any atom is 0.338 e. The molecule has 0 aromatic carbocycles. The maximum absolute atomic E-state index is 11.7. The molecule has 3 rings (SSSR count). The van der Waals surface area contributed by atoms with Gasteiger partial charge < -0.3 is 20.1 Å². The van der Waals surface area contributed by atoms with Gasteiger partial charge in [0, 0.05) is 11.3 Å². The third-order valence-corrected chi connectivity index (χ3v) is 7.19. The molecule has 6 atom stereocenters. The van der Waals surface area contributed by atoms with Crippen molar-refractivity contribution in [3.63, 3.8) is 0 Å². The van der Waals surface area contributed by atoms with E-state index in [1.807, 2.05) is 19.9 Å². The number of esters is 1. The largest absolute Gasteiger partial charge is 0.458 e. The summed E-state index contributed by atoms with van der Waals surface area (Å²) in [6.45, 7) is 6.20. The van der Waals surface area contributed by atoms with Crippen LogP contribution in [0.15, 0.2) is 23.8 Å². The van der Waals surface area contributed by atoms with E-state index in [1.165, 1.54) is 0 Å². The Bertz CT molecular complexity index is 607. The minimum atomic E-state index is -0.885. The number of fused-ring (bicyclic) bond motifs is 1. The molecule has 0 spiro atoms. The van der Waals surface area contributed by atoms with E-state index < -0.39 is 17.1 Å². The Kier molecular flexibility index (Phi) is 4.63. The monoisotopic (exact) mass is 350 g/mol. The number of rotatable bonds is 3. The van der Waals surface area contributed by atoms with E-state index in [9.17, 15) is 20.1 Å². The summed E-state index contributed by atoms with van der Waals surface area (Å²) in [6, 6.07) is 0. The average Bonchev–Trinajstić information content (AvgIpc) is 2.95.